The molecule has 12 heteroatoms. The van der Waals surface area contributed by atoms with Gasteiger partial charge in [-0.25, -0.2) is 0 Å². The van der Waals surface area contributed by atoms with E-state index >= 15 is 0 Å². The topological polar surface area (TPSA) is 126 Å². The number of hydrogen-bond donors (Lipinski definition) is 1. The molecule has 2 aromatic rings. The molecule has 10 nitrogen and oxygen atoms in total. The number of nitrogens with one attached hydrogen (secondary N) is 1. The summed E-state index contributed by atoms with van der Waals surface area (Å²) in [6.07, 6.45) is -2.44. The molecule has 0 aliphatic carbocycles. The highest BCUT2D eigenvalue weighted by atomic mass is 35.5. The van der Waals surface area contributed by atoms with E-state index in [0.717, 1.165) is 27.7 Å². The number of hydrogen-bond acceptors (Lipinski definition) is 9. The summed E-state index contributed by atoms with van der Waals surface area (Å²) in [7, 11) is 0. The lowest BCUT2D eigenvalue weighted by atomic mass is 10.0. The van der Waals surface area contributed by atoms with Crippen molar-refractivity contribution in [1.82, 2.24) is 9.55 Å². The predicted octanol–water partition coefficient (Wildman–Crippen LogP) is 3.22. The number of imidazole rings is 1. The van der Waals surface area contributed by atoms with Crippen molar-refractivity contribution >= 4 is 47.7 Å². The molecule has 0 fully saturated rings. The molecule has 0 bridgehead atoms. The summed E-state index contributed by atoms with van der Waals surface area (Å²) in [5.41, 5.74) is 0.773. The van der Waals surface area contributed by atoms with Gasteiger partial charge in [0.05, 0.1) is 16.4 Å². The monoisotopic (exact) mass is 498 g/mol. The molecule has 1 aromatic carbocycles. The zero-order valence-electron chi connectivity index (χ0n) is 18.3. The highest BCUT2D eigenvalue weighted by Crippen LogP contribution is 2.29. The normalized spacial score (nSPS) is 13.4. The number of carbonyl (C=O) groups excluding carboxylic acids is 4. The molecule has 178 valence electrons. The summed E-state index contributed by atoms with van der Waals surface area (Å²) in [6, 6.07) is 6.91. The van der Waals surface area contributed by atoms with Crippen molar-refractivity contribution in [3.8, 4) is 5.69 Å². The van der Waals surface area contributed by atoms with Crippen LogP contribution in [-0.4, -0.2) is 52.2 Å². The van der Waals surface area contributed by atoms with E-state index in [1.807, 2.05) is 0 Å². The number of halogens is 1. The van der Waals surface area contributed by atoms with Gasteiger partial charge in [-0.15, -0.1) is 0 Å². The van der Waals surface area contributed by atoms with Crippen LogP contribution in [0.15, 0.2) is 30.5 Å². The molecule has 33 heavy (non-hydrogen) atoms. The molecular weight excluding hydrogens is 476 g/mol. The number of aromatic nitrogens is 2. The number of H-pyrrole nitrogens is 1. The van der Waals surface area contributed by atoms with E-state index in [1.54, 1.807) is 28.8 Å². The second-order valence-corrected chi connectivity index (χ2v) is 7.68. The van der Waals surface area contributed by atoms with E-state index < -0.39 is 48.8 Å². The second-order valence-electron chi connectivity index (χ2n) is 6.89. The molecule has 2 rings (SSSR count). The Bertz CT molecular complexity index is 1100. The smallest absolute Gasteiger partial charge is 0.303 e. The minimum Gasteiger partial charge on any atom is -0.462 e. The van der Waals surface area contributed by atoms with Crippen LogP contribution in [0.25, 0.3) is 5.69 Å². The Balaban J connectivity index is 2.58. The molecule has 1 heterocycles. The van der Waals surface area contributed by atoms with Crippen LogP contribution in [0.1, 0.15) is 39.5 Å². The third-order valence-electron chi connectivity index (χ3n) is 4.18. The summed E-state index contributed by atoms with van der Waals surface area (Å²) in [4.78, 5) is 49.7. The van der Waals surface area contributed by atoms with E-state index in [0.29, 0.717) is 10.7 Å². The lowest BCUT2D eigenvalue weighted by Gasteiger charge is -2.31. The first-order valence-corrected chi connectivity index (χ1v) is 10.5. The van der Waals surface area contributed by atoms with Crippen LogP contribution >= 0.6 is 23.8 Å². The maximum absolute atomic E-state index is 11.9. The first kappa shape index (κ1) is 26.1. The van der Waals surface area contributed by atoms with Crippen LogP contribution in [0.3, 0.4) is 0 Å². The molecule has 0 aliphatic rings. The number of ether oxygens (including phenoxy) is 4. The van der Waals surface area contributed by atoms with Crippen LogP contribution in [0.5, 0.6) is 0 Å². The Hall–Kier alpha value is -3.18. The van der Waals surface area contributed by atoms with Crippen LogP contribution in [-0.2, 0) is 38.1 Å². The van der Waals surface area contributed by atoms with E-state index in [1.165, 1.54) is 6.20 Å². The van der Waals surface area contributed by atoms with Gasteiger partial charge in [0, 0.05) is 33.9 Å². The van der Waals surface area contributed by atoms with E-state index in [-0.39, 0.29) is 10.5 Å². The molecule has 0 saturated carbocycles. The van der Waals surface area contributed by atoms with E-state index in [4.69, 9.17) is 42.8 Å². The number of para-hydroxylation sites is 1. The van der Waals surface area contributed by atoms with Crippen molar-refractivity contribution in [2.45, 2.75) is 46.0 Å². The van der Waals surface area contributed by atoms with Gasteiger partial charge in [-0.2, -0.15) is 0 Å². The molecule has 1 N–H and O–H groups in total. The van der Waals surface area contributed by atoms with Gasteiger partial charge in [0.1, 0.15) is 6.61 Å². The number of nitrogens with zero attached hydrogens (tertiary/aromatic N) is 1. The van der Waals surface area contributed by atoms with Gasteiger partial charge in [-0.05, 0) is 24.4 Å². The highest BCUT2D eigenvalue weighted by molar-refractivity contribution is 7.71. The van der Waals surface area contributed by atoms with Crippen LogP contribution in [0.4, 0.5) is 0 Å². The number of esters is 4. The summed E-state index contributed by atoms with van der Waals surface area (Å²) >= 11 is 11.7. The van der Waals surface area contributed by atoms with Crippen LogP contribution in [0.2, 0.25) is 5.02 Å². The summed E-state index contributed by atoms with van der Waals surface area (Å²) in [5, 5.41) is 0.410. The van der Waals surface area contributed by atoms with Crippen molar-refractivity contribution < 1.29 is 38.1 Å². The zero-order valence-corrected chi connectivity index (χ0v) is 19.9. The van der Waals surface area contributed by atoms with E-state index in [9.17, 15) is 19.2 Å². The molecule has 1 aromatic heterocycles. The van der Waals surface area contributed by atoms with Gasteiger partial charge < -0.3 is 23.9 Å². The Kier molecular flexibility index (Phi) is 9.18. The average Bonchev–Trinajstić information content (AvgIpc) is 3.08. The van der Waals surface area contributed by atoms with Crippen molar-refractivity contribution in [2.24, 2.45) is 0 Å². The predicted molar refractivity (Wildman–Crippen MR) is 118 cm³/mol. The average molecular weight is 499 g/mol. The van der Waals surface area contributed by atoms with Crippen molar-refractivity contribution in [2.75, 3.05) is 6.61 Å². The molecule has 0 saturated heterocycles. The summed E-state index contributed by atoms with van der Waals surface area (Å²) < 4.78 is 22.8. The van der Waals surface area contributed by atoms with Crippen LogP contribution < -0.4 is 0 Å². The Morgan fingerprint density at radius 2 is 1.58 bits per heavy atom. The molecule has 0 radical (unpaired) electrons. The number of benzene rings is 1. The molecule has 3 atom stereocenters. The molecule has 0 aliphatic heterocycles. The third-order valence-corrected chi connectivity index (χ3v) is 4.80. The van der Waals surface area contributed by atoms with Crippen LogP contribution in [0, 0.1) is 4.77 Å². The van der Waals surface area contributed by atoms with Gasteiger partial charge in [0.2, 0.25) is 0 Å². The quantitative estimate of drug-likeness (QED) is 0.315. The van der Waals surface area contributed by atoms with Gasteiger partial charge in [-0.1, -0.05) is 23.7 Å². The Morgan fingerprint density at radius 1 is 0.970 bits per heavy atom. The number of carbonyl (C=O) groups is 4. The molecular formula is C21H23ClN2O8S. The van der Waals surface area contributed by atoms with Gasteiger partial charge in [0.25, 0.3) is 0 Å². The standard InChI is InChI=1S/C21H23ClN2O8S/c1-11(25)29-10-18(30-12(2)26)20(32-14(4)28)19(31-13(3)27)16-9-24(21(33)23-16)17-8-6-5-7-15(17)22/h5-9,18-20H,10H2,1-4H3,(H,23,33)/t18-,19-,20-/m1/s1. The highest BCUT2D eigenvalue weighted by Gasteiger charge is 2.40. The van der Waals surface area contributed by atoms with Crippen molar-refractivity contribution in [3.63, 3.8) is 0 Å². The minimum atomic E-state index is -1.37. The van der Waals surface area contributed by atoms with Crippen molar-refractivity contribution in [1.29, 1.82) is 0 Å². The first-order chi connectivity index (χ1) is 15.5. The fourth-order valence-electron chi connectivity index (χ4n) is 3.00. The summed E-state index contributed by atoms with van der Waals surface area (Å²) in [5.74, 6) is -2.84. The third kappa shape index (κ3) is 7.43. The minimum absolute atomic E-state index is 0.209. The largest absolute Gasteiger partial charge is 0.462 e. The maximum Gasteiger partial charge on any atom is 0.303 e. The van der Waals surface area contributed by atoms with Gasteiger partial charge >= 0.3 is 23.9 Å². The lowest BCUT2D eigenvalue weighted by Crippen LogP contribution is -2.43. The SMILES string of the molecule is CC(=O)OC[C@@H](OC(C)=O)[C@@H](OC(C)=O)[C@H](OC(C)=O)c1cn(-c2ccccc2Cl)c(=S)[nH]1. The zero-order chi connectivity index (χ0) is 24.7. The molecule has 0 unspecified atom stereocenters. The second kappa shape index (κ2) is 11.6. The number of aromatic amines is 1. The molecule has 0 amide bonds. The fourth-order valence-corrected chi connectivity index (χ4v) is 3.50. The van der Waals surface area contributed by atoms with Gasteiger partial charge in [0.15, 0.2) is 23.1 Å². The van der Waals surface area contributed by atoms with E-state index in [2.05, 4.69) is 4.98 Å². The first-order valence-electron chi connectivity index (χ1n) is 9.71. The molecule has 0 spiro atoms. The maximum atomic E-state index is 11.9. The fraction of sp³-hybridized carbons (Fsp3) is 0.381. The summed E-state index contributed by atoms with van der Waals surface area (Å²) in [6.45, 7) is 4.14. The lowest BCUT2D eigenvalue weighted by molar-refractivity contribution is -0.190. The van der Waals surface area contributed by atoms with Crippen molar-refractivity contribution in [3.05, 3.63) is 45.9 Å². The number of rotatable bonds is 9. The Labute approximate surface area is 199 Å². The Morgan fingerprint density at radius 3 is 2.12 bits per heavy atom. The van der Waals surface area contributed by atoms with Gasteiger partial charge in [-0.3, -0.25) is 23.7 Å².